The monoisotopic (exact) mass is 330 g/mol. The number of rotatable bonds is 2. The number of amides is 2. The van der Waals surface area contributed by atoms with Crippen LogP contribution in [0.1, 0.15) is 18.9 Å². The van der Waals surface area contributed by atoms with Gasteiger partial charge in [0.25, 0.3) is 0 Å². The van der Waals surface area contributed by atoms with Gasteiger partial charge in [-0.3, -0.25) is 9.59 Å². The number of halogens is 2. The summed E-state index contributed by atoms with van der Waals surface area (Å²) >= 11 is 12.0. The Kier molecular flexibility index (Phi) is 4.76. The van der Waals surface area contributed by atoms with Crippen molar-refractivity contribution < 1.29 is 14.7 Å². The number of β-amino-alcohol motifs (C(OH)–C–C–N with tert-alkyl or cyclic N) is 1. The molecule has 0 unspecified atom stereocenters. The van der Waals surface area contributed by atoms with Crippen molar-refractivity contribution in [3.63, 3.8) is 0 Å². The van der Waals surface area contributed by atoms with Crippen molar-refractivity contribution in [2.24, 2.45) is 0 Å². The molecule has 114 valence electrons. The van der Waals surface area contributed by atoms with Gasteiger partial charge in [0.05, 0.1) is 6.10 Å². The molecule has 1 fully saturated rings. The number of likely N-dealkylation sites (tertiary alicyclic amines) is 1. The summed E-state index contributed by atoms with van der Waals surface area (Å²) in [4.78, 5) is 25.1. The Morgan fingerprint density at radius 3 is 2.43 bits per heavy atom. The van der Waals surface area contributed by atoms with Crippen LogP contribution in [0.5, 0.6) is 0 Å². The number of carbonyl (C=O) groups excluding carboxylic acids is 2. The van der Waals surface area contributed by atoms with E-state index in [1.807, 2.05) is 0 Å². The second kappa shape index (κ2) is 6.22. The van der Waals surface area contributed by atoms with E-state index >= 15 is 0 Å². The summed E-state index contributed by atoms with van der Waals surface area (Å²) in [5.74, 6) is -0.607. The SMILES string of the molecule is CC(=O)N1C[C@@H](O)C[C@@H]1C(=O)Nc1cc(Cl)c(C)c(Cl)c1. The number of hydrogen-bond donors (Lipinski definition) is 2. The Labute approximate surface area is 132 Å². The summed E-state index contributed by atoms with van der Waals surface area (Å²) < 4.78 is 0. The molecule has 1 heterocycles. The van der Waals surface area contributed by atoms with Gasteiger partial charge in [0, 0.05) is 35.6 Å². The third-order valence-electron chi connectivity index (χ3n) is 3.53. The number of nitrogens with zero attached hydrogens (tertiary/aromatic N) is 1. The molecule has 1 aromatic carbocycles. The molecule has 1 aliphatic heterocycles. The lowest BCUT2D eigenvalue weighted by atomic mass is 10.1. The van der Waals surface area contributed by atoms with Crippen molar-refractivity contribution in [2.75, 3.05) is 11.9 Å². The van der Waals surface area contributed by atoms with Crippen LogP contribution in [0, 0.1) is 6.92 Å². The zero-order valence-corrected chi connectivity index (χ0v) is 13.2. The Hall–Kier alpha value is -1.30. The maximum Gasteiger partial charge on any atom is 0.247 e. The first-order chi connectivity index (χ1) is 9.79. The fraction of sp³-hybridized carbons (Fsp3) is 0.429. The number of nitrogens with one attached hydrogen (secondary N) is 1. The largest absolute Gasteiger partial charge is 0.391 e. The molecule has 21 heavy (non-hydrogen) atoms. The van der Waals surface area contributed by atoms with Gasteiger partial charge in [-0.25, -0.2) is 0 Å². The smallest absolute Gasteiger partial charge is 0.247 e. The first-order valence-corrected chi connectivity index (χ1v) is 7.27. The van der Waals surface area contributed by atoms with Gasteiger partial charge < -0.3 is 15.3 Å². The van der Waals surface area contributed by atoms with Gasteiger partial charge in [0.15, 0.2) is 0 Å². The third-order valence-corrected chi connectivity index (χ3v) is 4.32. The molecule has 1 saturated heterocycles. The first kappa shape index (κ1) is 16.1. The summed E-state index contributed by atoms with van der Waals surface area (Å²) in [6.07, 6.45) is -0.464. The van der Waals surface area contributed by atoms with E-state index in [4.69, 9.17) is 23.2 Å². The minimum Gasteiger partial charge on any atom is -0.391 e. The number of aliphatic hydroxyl groups excluding tert-OH is 1. The highest BCUT2D eigenvalue weighted by Gasteiger charge is 2.37. The van der Waals surface area contributed by atoms with E-state index in [9.17, 15) is 14.7 Å². The molecule has 0 spiro atoms. The number of anilines is 1. The number of hydrogen-bond acceptors (Lipinski definition) is 3. The van der Waals surface area contributed by atoms with Gasteiger partial charge in [-0.05, 0) is 24.6 Å². The van der Waals surface area contributed by atoms with Gasteiger partial charge in [-0.15, -0.1) is 0 Å². The predicted octanol–water partition coefficient (Wildman–Crippen LogP) is 2.22. The molecule has 0 aliphatic carbocycles. The van der Waals surface area contributed by atoms with Gasteiger partial charge >= 0.3 is 0 Å². The van der Waals surface area contributed by atoms with Crippen LogP contribution in [0.3, 0.4) is 0 Å². The van der Waals surface area contributed by atoms with Crippen LogP contribution >= 0.6 is 23.2 Å². The number of benzene rings is 1. The van der Waals surface area contributed by atoms with Crippen LogP contribution in [-0.4, -0.2) is 40.5 Å². The van der Waals surface area contributed by atoms with Crippen LogP contribution in [-0.2, 0) is 9.59 Å². The minimum atomic E-state index is -0.685. The molecule has 0 aromatic heterocycles. The molecule has 0 radical (unpaired) electrons. The molecule has 2 rings (SSSR count). The van der Waals surface area contributed by atoms with Crippen molar-refractivity contribution in [3.05, 3.63) is 27.7 Å². The molecule has 0 saturated carbocycles. The molecule has 1 aliphatic rings. The summed E-state index contributed by atoms with van der Waals surface area (Å²) in [5.41, 5.74) is 1.20. The van der Waals surface area contributed by atoms with Crippen molar-refractivity contribution in [3.8, 4) is 0 Å². The second-order valence-electron chi connectivity index (χ2n) is 5.13. The third kappa shape index (κ3) is 3.48. The lowest BCUT2D eigenvalue weighted by Gasteiger charge is -2.22. The molecular weight excluding hydrogens is 315 g/mol. The molecule has 7 heteroatoms. The van der Waals surface area contributed by atoms with Crippen LogP contribution in [0.2, 0.25) is 10.0 Å². The van der Waals surface area contributed by atoms with E-state index in [-0.39, 0.29) is 24.8 Å². The summed E-state index contributed by atoms with van der Waals surface area (Å²) in [5, 5.41) is 13.2. The summed E-state index contributed by atoms with van der Waals surface area (Å²) in [6, 6.07) is 2.52. The molecule has 2 N–H and O–H groups in total. The van der Waals surface area contributed by atoms with E-state index in [1.165, 1.54) is 11.8 Å². The van der Waals surface area contributed by atoms with Crippen LogP contribution in [0.4, 0.5) is 5.69 Å². The average molecular weight is 331 g/mol. The highest BCUT2D eigenvalue weighted by molar-refractivity contribution is 6.36. The topological polar surface area (TPSA) is 69.6 Å². The first-order valence-electron chi connectivity index (χ1n) is 6.51. The summed E-state index contributed by atoms with van der Waals surface area (Å²) in [6.45, 7) is 3.32. The molecule has 2 atom stereocenters. The predicted molar refractivity (Wildman–Crippen MR) is 81.6 cm³/mol. The molecule has 2 amide bonds. The fourth-order valence-electron chi connectivity index (χ4n) is 2.35. The molecular formula is C14H16Cl2N2O3. The standard InChI is InChI=1S/C14H16Cl2N2O3/c1-7-11(15)3-9(4-12(7)16)17-14(21)13-5-10(20)6-18(13)8(2)19/h3-4,10,13,20H,5-6H2,1-2H3,(H,17,21)/t10-,13+/m0/s1. The number of aliphatic hydroxyl groups is 1. The zero-order valence-electron chi connectivity index (χ0n) is 11.7. The molecule has 0 bridgehead atoms. The van der Waals surface area contributed by atoms with Crippen LogP contribution in [0.25, 0.3) is 0 Å². The quantitative estimate of drug-likeness (QED) is 0.873. The average Bonchev–Trinajstić information content (AvgIpc) is 2.78. The van der Waals surface area contributed by atoms with E-state index in [1.54, 1.807) is 19.1 Å². The van der Waals surface area contributed by atoms with Gasteiger partial charge in [-0.1, -0.05) is 23.2 Å². The van der Waals surface area contributed by atoms with Crippen LogP contribution < -0.4 is 5.32 Å². The van der Waals surface area contributed by atoms with Crippen molar-refractivity contribution in [1.29, 1.82) is 0 Å². The van der Waals surface area contributed by atoms with Gasteiger partial charge in [-0.2, -0.15) is 0 Å². The molecule has 5 nitrogen and oxygen atoms in total. The van der Waals surface area contributed by atoms with E-state index < -0.39 is 12.1 Å². The Morgan fingerprint density at radius 1 is 1.33 bits per heavy atom. The maximum atomic E-state index is 12.3. The fourth-order valence-corrected chi connectivity index (χ4v) is 2.84. The van der Waals surface area contributed by atoms with Crippen molar-refractivity contribution >= 4 is 40.7 Å². The lowest BCUT2D eigenvalue weighted by molar-refractivity contribution is -0.134. The Morgan fingerprint density at radius 2 is 1.90 bits per heavy atom. The van der Waals surface area contributed by atoms with Gasteiger partial charge in [0.1, 0.15) is 6.04 Å². The summed E-state index contributed by atoms with van der Waals surface area (Å²) in [7, 11) is 0. The van der Waals surface area contributed by atoms with Gasteiger partial charge in [0.2, 0.25) is 11.8 Å². The lowest BCUT2D eigenvalue weighted by Crippen LogP contribution is -2.42. The molecule has 1 aromatic rings. The second-order valence-corrected chi connectivity index (χ2v) is 5.95. The zero-order chi connectivity index (χ0) is 15.7. The maximum absolute atomic E-state index is 12.3. The Balaban J connectivity index is 2.16. The minimum absolute atomic E-state index is 0.169. The number of carbonyl (C=O) groups is 2. The van der Waals surface area contributed by atoms with Crippen molar-refractivity contribution in [2.45, 2.75) is 32.4 Å². The van der Waals surface area contributed by atoms with E-state index in [0.29, 0.717) is 15.7 Å². The highest BCUT2D eigenvalue weighted by Crippen LogP contribution is 2.29. The van der Waals surface area contributed by atoms with Crippen LogP contribution in [0.15, 0.2) is 12.1 Å². The van der Waals surface area contributed by atoms with E-state index in [0.717, 1.165) is 5.56 Å². The van der Waals surface area contributed by atoms with Crippen molar-refractivity contribution in [1.82, 2.24) is 4.90 Å². The van der Waals surface area contributed by atoms with E-state index in [2.05, 4.69) is 5.32 Å². The Bertz CT molecular complexity index is 569. The highest BCUT2D eigenvalue weighted by atomic mass is 35.5. The normalized spacial score (nSPS) is 21.5.